The molecule has 1 aromatic heterocycles. The summed E-state index contributed by atoms with van der Waals surface area (Å²) in [6.45, 7) is -0.766. The van der Waals surface area contributed by atoms with Crippen LogP contribution in [0, 0.1) is 10.1 Å². The highest BCUT2D eigenvalue weighted by Gasteiger charge is 2.21. The number of aliphatic carboxylic acids is 1. The summed E-state index contributed by atoms with van der Waals surface area (Å²) in [5.74, 6) is -1.08. The van der Waals surface area contributed by atoms with E-state index < -0.39 is 38.0 Å². The Morgan fingerprint density at radius 1 is 1.29 bits per heavy atom. The first kappa shape index (κ1) is 17.4. The van der Waals surface area contributed by atoms with Crippen LogP contribution in [0.5, 0.6) is 0 Å². The molecule has 0 saturated heterocycles. The number of hydrogen-bond acceptors (Lipinski definition) is 8. The lowest BCUT2D eigenvalue weighted by atomic mass is 10.2. The van der Waals surface area contributed by atoms with E-state index in [9.17, 15) is 28.4 Å². The van der Waals surface area contributed by atoms with E-state index >= 15 is 0 Å². The molecule has 2 N–H and O–H groups in total. The first-order chi connectivity index (χ1) is 11.3. The largest absolute Gasteiger partial charge is 0.549 e. The van der Waals surface area contributed by atoms with Gasteiger partial charge in [-0.1, -0.05) is 0 Å². The first-order valence-corrected chi connectivity index (χ1v) is 8.02. The summed E-state index contributed by atoms with van der Waals surface area (Å²) in [5.41, 5.74) is -0.381. The maximum absolute atomic E-state index is 11.9. The number of carboxylic acids is 1. The number of nitro benzene ring substituents is 1. The van der Waals surface area contributed by atoms with Gasteiger partial charge in [-0.3, -0.25) is 10.1 Å². The van der Waals surface area contributed by atoms with E-state index in [-0.39, 0.29) is 12.2 Å². The Balaban J connectivity index is 2.25. The van der Waals surface area contributed by atoms with Crippen molar-refractivity contribution in [2.75, 3.05) is 11.9 Å². The zero-order valence-electron chi connectivity index (χ0n) is 12.1. The highest BCUT2D eigenvalue weighted by molar-refractivity contribution is 7.89. The summed E-state index contributed by atoms with van der Waals surface area (Å²) < 4.78 is 30.7. The molecule has 0 spiro atoms. The number of benzene rings is 1. The van der Waals surface area contributed by atoms with E-state index in [0.29, 0.717) is 5.76 Å². The van der Waals surface area contributed by atoms with Gasteiger partial charge in [-0.15, -0.1) is 0 Å². The van der Waals surface area contributed by atoms with Gasteiger partial charge < -0.3 is 19.6 Å². The summed E-state index contributed by atoms with van der Waals surface area (Å²) in [5, 5.41) is 24.3. The van der Waals surface area contributed by atoms with Gasteiger partial charge in [0.2, 0.25) is 10.0 Å². The smallest absolute Gasteiger partial charge is 0.293 e. The Bertz CT molecular complexity index is 846. The molecular formula is C13H12N3O7S-. The summed E-state index contributed by atoms with van der Waals surface area (Å²) in [4.78, 5) is 20.3. The zero-order valence-corrected chi connectivity index (χ0v) is 12.9. The number of nitrogens with zero attached hydrogens (tertiary/aromatic N) is 1. The van der Waals surface area contributed by atoms with Gasteiger partial charge in [-0.2, -0.15) is 0 Å². The molecule has 0 fully saturated rings. The molecule has 24 heavy (non-hydrogen) atoms. The van der Waals surface area contributed by atoms with Crippen LogP contribution in [0.15, 0.2) is 45.9 Å². The third-order valence-corrected chi connectivity index (χ3v) is 4.31. The zero-order chi connectivity index (χ0) is 17.7. The molecular weight excluding hydrogens is 342 g/mol. The van der Waals surface area contributed by atoms with Crippen LogP contribution in [0.2, 0.25) is 0 Å². The minimum atomic E-state index is -4.21. The molecule has 2 aromatic rings. The second-order valence-corrected chi connectivity index (χ2v) is 6.33. The number of nitro groups is 1. The highest BCUT2D eigenvalue weighted by atomic mass is 32.2. The van der Waals surface area contributed by atoms with Gasteiger partial charge in [0, 0.05) is 6.07 Å². The van der Waals surface area contributed by atoms with Crippen LogP contribution in [0.1, 0.15) is 5.76 Å². The van der Waals surface area contributed by atoms with Crippen molar-refractivity contribution in [3.8, 4) is 0 Å². The van der Waals surface area contributed by atoms with Gasteiger partial charge in [0.15, 0.2) is 0 Å². The summed E-state index contributed by atoms with van der Waals surface area (Å²) in [6, 6.07) is 6.50. The lowest BCUT2D eigenvalue weighted by Gasteiger charge is -2.10. The highest BCUT2D eigenvalue weighted by Crippen LogP contribution is 2.28. The van der Waals surface area contributed by atoms with Gasteiger partial charge in [0.25, 0.3) is 5.69 Å². The van der Waals surface area contributed by atoms with Gasteiger partial charge in [-0.25, -0.2) is 13.1 Å². The standard InChI is InChI=1S/C13H13N3O7S/c17-13(18)8-15-24(21,22)10-3-4-11(12(6-10)16(19)20)14-7-9-2-1-5-23-9/h1-6,14-15H,7-8H2,(H,17,18)/p-1. The van der Waals surface area contributed by atoms with Crippen molar-refractivity contribution in [3.63, 3.8) is 0 Å². The third kappa shape index (κ3) is 4.30. The number of carbonyl (C=O) groups excluding carboxylic acids is 1. The molecule has 1 aromatic carbocycles. The fourth-order valence-electron chi connectivity index (χ4n) is 1.81. The molecule has 0 radical (unpaired) electrons. The number of anilines is 1. The Morgan fingerprint density at radius 3 is 2.62 bits per heavy atom. The first-order valence-electron chi connectivity index (χ1n) is 6.54. The lowest BCUT2D eigenvalue weighted by Crippen LogP contribution is -2.37. The molecule has 0 aliphatic rings. The summed E-state index contributed by atoms with van der Waals surface area (Å²) >= 11 is 0. The molecule has 0 atom stereocenters. The fraction of sp³-hybridized carbons (Fsp3) is 0.154. The monoisotopic (exact) mass is 354 g/mol. The van der Waals surface area contributed by atoms with Crippen molar-refractivity contribution in [2.24, 2.45) is 0 Å². The van der Waals surface area contributed by atoms with Crippen molar-refractivity contribution in [2.45, 2.75) is 11.4 Å². The number of carboxylic acid groups (broad SMARTS) is 1. The van der Waals surface area contributed by atoms with Gasteiger partial charge >= 0.3 is 0 Å². The maximum Gasteiger partial charge on any atom is 0.293 e. The van der Waals surface area contributed by atoms with Crippen molar-refractivity contribution in [3.05, 3.63) is 52.5 Å². The average Bonchev–Trinajstić information content (AvgIpc) is 3.04. The SMILES string of the molecule is O=C([O-])CNS(=O)(=O)c1ccc(NCc2ccco2)c([N+](=O)[O-])c1. The van der Waals surface area contributed by atoms with E-state index in [1.165, 1.54) is 12.3 Å². The second kappa shape index (κ2) is 7.10. The van der Waals surface area contributed by atoms with E-state index in [1.54, 1.807) is 16.9 Å². The van der Waals surface area contributed by atoms with Crippen LogP contribution in [0.4, 0.5) is 11.4 Å². The number of sulfonamides is 1. The van der Waals surface area contributed by atoms with Crippen LogP contribution in [-0.2, 0) is 21.4 Å². The lowest BCUT2D eigenvalue weighted by molar-refractivity contribution is -0.384. The molecule has 0 amide bonds. The Labute approximate surface area is 136 Å². The maximum atomic E-state index is 11.9. The van der Waals surface area contributed by atoms with Crippen LogP contribution in [-0.4, -0.2) is 25.9 Å². The minimum Gasteiger partial charge on any atom is -0.549 e. The molecule has 0 unspecified atom stereocenters. The number of rotatable bonds is 8. The summed E-state index contributed by atoms with van der Waals surface area (Å²) in [6.07, 6.45) is 1.45. The van der Waals surface area contributed by atoms with Crippen LogP contribution in [0.3, 0.4) is 0 Å². The molecule has 0 aliphatic carbocycles. The number of carbonyl (C=O) groups is 1. The van der Waals surface area contributed by atoms with E-state index in [2.05, 4.69) is 5.32 Å². The molecule has 10 nitrogen and oxygen atoms in total. The van der Waals surface area contributed by atoms with Gasteiger partial charge in [-0.05, 0) is 24.3 Å². The summed E-state index contributed by atoms with van der Waals surface area (Å²) in [7, 11) is -4.21. The molecule has 1 heterocycles. The number of hydrogen-bond donors (Lipinski definition) is 2. The predicted octanol–water partition coefficient (Wildman–Crippen LogP) is -0.172. The van der Waals surface area contributed by atoms with Gasteiger partial charge in [0.05, 0.1) is 35.1 Å². The van der Waals surface area contributed by atoms with Crippen molar-refractivity contribution >= 4 is 27.4 Å². The predicted molar refractivity (Wildman–Crippen MR) is 79.3 cm³/mol. The van der Waals surface area contributed by atoms with E-state index in [0.717, 1.165) is 12.1 Å². The second-order valence-electron chi connectivity index (χ2n) is 4.57. The molecule has 2 rings (SSSR count). The van der Waals surface area contributed by atoms with E-state index in [4.69, 9.17) is 4.42 Å². The third-order valence-electron chi connectivity index (χ3n) is 2.92. The number of nitrogens with one attached hydrogen (secondary N) is 2. The molecule has 0 aliphatic heterocycles. The quantitative estimate of drug-likeness (QED) is 0.489. The minimum absolute atomic E-state index is 0.0928. The van der Waals surface area contributed by atoms with Crippen molar-refractivity contribution in [1.82, 2.24) is 4.72 Å². The molecule has 0 bridgehead atoms. The normalized spacial score (nSPS) is 11.2. The molecule has 0 saturated carbocycles. The van der Waals surface area contributed by atoms with Crippen molar-refractivity contribution < 1.29 is 27.7 Å². The fourth-order valence-corrected chi connectivity index (χ4v) is 2.80. The Morgan fingerprint density at radius 2 is 2.04 bits per heavy atom. The van der Waals surface area contributed by atoms with Crippen molar-refractivity contribution in [1.29, 1.82) is 0 Å². The Kier molecular flexibility index (Phi) is 5.16. The number of furan rings is 1. The Hall–Kier alpha value is -2.92. The average molecular weight is 354 g/mol. The molecule has 128 valence electrons. The van der Waals surface area contributed by atoms with Crippen LogP contribution >= 0.6 is 0 Å². The van der Waals surface area contributed by atoms with Gasteiger partial charge in [0.1, 0.15) is 11.4 Å². The molecule has 11 heteroatoms. The van der Waals surface area contributed by atoms with Crippen LogP contribution < -0.4 is 15.1 Å². The van der Waals surface area contributed by atoms with E-state index in [1.807, 2.05) is 0 Å². The topological polar surface area (TPSA) is 155 Å². The van der Waals surface area contributed by atoms with Crippen LogP contribution in [0.25, 0.3) is 0 Å².